The molecule has 1 aromatic rings. The highest BCUT2D eigenvalue weighted by atomic mass is 35.5. The van der Waals surface area contributed by atoms with Gasteiger partial charge in [-0.05, 0) is 13.0 Å². The fraction of sp³-hybridized carbons (Fsp3) is 0.222. The van der Waals surface area contributed by atoms with Crippen molar-refractivity contribution in [3.8, 4) is 5.75 Å². The fourth-order valence-electron chi connectivity index (χ4n) is 1.04. The molecule has 0 saturated heterocycles. The Bertz CT molecular complexity index is 391. The van der Waals surface area contributed by atoms with E-state index < -0.39 is 28.2 Å². The quantitative estimate of drug-likeness (QED) is 0.566. The molecule has 0 aliphatic heterocycles. The molecule has 0 saturated carbocycles. The zero-order chi connectivity index (χ0) is 10.9. The molecule has 0 aliphatic carbocycles. The second-order valence-electron chi connectivity index (χ2n) is 2.62. The van der Waals surface area contributed by atoms with Gasteiger partial charge < -0.3 is 4.74 Å². The van der Waals surface area contributed by atoms with Crippen molar-refractivity contribution < 1.29 is 18.3 Å². The maximum absolute atomic E-state index is 13.1. The lowest BCUT2D eigenvalue weighted by molar-refractivity contribution is 0.101. The number of ketones is 1. The van der Waals surface area contributed by atoms with Crippen LogP contribution in [0.15, 0.2) is 6.07 Å². The van der Waals surface area contributed by atoms with Crippen LogP contribution in [0.25, 0.3) is 0 Å². The van der Waals surface area contributed by atoms with Crippen LogP contribution in [0.3, 0.4) is 0 Å². The summed E-state index contributed by atoms with van der Waals surface area (Å²) in [6.45, 7) is 1.21. The third kappa shape index (κ3) is 1.70. The monoisotopic (exact) mass is 220 g/mol. The summed E-state index contributed by atoms with van der Waals surface area (Å²) in [5.74, 6) is -3.32. The molecule has 5 heteroatoms. The van der Waals surface area contributed by atoms with Crippen LogP contribution < -0.4 is 4.74 Å². The first kappa shape index (κ1) is 10.9. The summed E-state index contributed by atoms with van der Waals surface area (Å²) >= 11 is 5.37. The number of Topliss-reactive ketones (excluding diaryl/α,β-unsaturated/α-hetero) is 1. The molecule has 2 nitrogen and oxygen atoms in total. The van der Waals surface area contributed by atoms with Crippen molar-refractivity contribution in [2.45, 2.75) is 6.92 Å². The van der Waals surface area contributed by atoms with E-state index in [1.807, 2.05) is 0 Å². The van der Waals surface area contributed by atoms with E-state index in [0.29, 0.717) is 0 Å². The summed E-state index contributed by atoms with van der Waals surface area (Å²) < 4.78 is 30.6. The van der Waals surface area contributed by atoms with Crippen molar-refractivity contribution in [2.24, 2.45) is 0 Å². The standard InChI is InChI=1S/C9H7ClF2O2/c1-4(13)5-3-6(10)7(11)8(12)9(5)14-2/h3H,1-2H3. The lowest BCUT2D eigenvalue weighted by atomic mass is 10.1. The summed E-state index contributed by atoms with van der Waals surface area (Å²) in [6.07, 6.45) is 0. The summed E-state index contributed by atoms with van der Waals surface area (Å²) in [5.41, 5.74) is -0.0728. The third-order valence-electron chi connectivity index (χ3n) is 1.70. The van der Waals surface area contributed by atoms with E-state index in [4.69, 9.17) is 11.6 Å². The largest absolute Gasteiger partial charge is 0.493 e. The van der Waals surface area contributed by atoms with Crippen LogP contribution in [0.4, 0.5) is 8.78 Å². The molecule has 0 spiro atoms. The van der Waals surface area contributed by atoms with Gasteiger partial charge in [0.2, 0.25) is 5.82 Å². The Kier molecular flexibility index (Phi) is 3.06. The fourth-order valence-corrected chi connectivity index (χ4v) is 1.23. The average molecular weight is 221 g/mol. The van der Waals surface area contributed by atoms with Crippen molar-refractivity contribution in [2.75, 3.05) is 7.11 Å². The van der Waals surface area contributed by atoms with Crippen LogP contribution >= 0.6 is 11.6 Å². The van der Waals surface area contributed by atoms with Gasteiger partial charge in [0, 0.05) is 0 Å². The maximum atomic E-state index is 13.1. The molecular weight excluding hydrogens is 214 g/mol. The van der Waals surface area contributed by atoms with E-state index >= 15 is 0 Å². The van der Waals surface area contributed by atoms with Gasteiger partial charge in [-0.25, -0.2) is 4.39 Å². The number of carbonyl (C=O) groups is 1. The summed E-state index contributed by atoms with van der Waals surface area (Å²) in [5, 5.41) is -0.437. The van der Waals surface area contributed by atoms with E-state index in [1.165, 1.54) is 6.92 Å². The Morgan fingerprint density at radius 2 is 2.00 bits per heavy atom. The van der Waals surface area contributed by atoms with E-state index in [2.05, 4.69) is 4.74 Å². The number of methoxy groups -OCH3 is 1. The highest BCUT2D eigenvalue weighted by molar-refractivity contribution is 6.31. The molecule has 14 heavy (non-hydrogen) atoms. The van der Waals surface area contributed by atoms with E-state index in [9.17, 15) is 13.6 Å². The Morgan fingerprint density at radius 3 is 2.43 bits per heavy atom. The smallest absolute Gasteiger partial charge is 0.202 e. The molecule has 0 bridgehead atoms. The Labute approximate surface area is 84.4 Å². The first-order chi connectivity index (χ1) is 6.49. The molecule has 76 valence electrons. The molecule has 0 aromatic heterocycles. The molecule has 0 radical (unpaired) electrons. The van der Waals surface area contributed by atoms with Crippen molar-refractivity contribution in [1.29, 1.82) is 0 Å². The summed E-state index contributed by atoms with van der Waals surface area (Å²) in [6, 6.07) is 1.04. The van der Waals surface area contributed by atoms with Gasteiger partial charge in [-0.1, -0.05) is 11.6 Å². The van der Waals surface area contributed by atoms with Crippen LogP contribution in [-0.4, -0.2) is 12.9 Å². The van der Waals surface area contributed by atoms with Gasteiger partial charge in [-0.2, -0.15) is 4.39 Å². The summed E-state index contributed by atoms with van der Waals surface area (Å²) in [7, 11) is 1.15. The Morgan fingerprint density at radius 1 is 1.43 bits per heavy atom. The molecule has 0 amide bonds. The number of benzene rings is 1. The molecule has 0 fully saturated rings. The van der Waals surface area contributed by atoms with Crippen LogP contribution in [0, 0.1) is 11.6 Å². The topological polar surface area (TPSA) is 26.3 Å². The lowest BCUT2D eigenvalue weighted by Crippen LogP contribution is -2.02. The first-order valence-corrected chi connectivity index (χ1v) is 4.09. The zero-order valence-corrected chi connectivity index (χ0v) is 8.28. The molecule has 1 rings (SSSR count). The second-order valence-corrected chi connectivity index (χ2v) is 3.03. The molecule has 0 heterocycles. The van der Waals surface area contributed by atoms with Gasteiger partial charge >= 0.3 is 0 Å². The van der Waals surface area contributed by atoms with Gasteiger partial charge in [-0.15, -0.1) is 0 Å². The van der Waals surface area contributed by atoms with E-state index in [-0.39, 0.29) is 5.56 Å². The number of carbonyl (C=O) groups excluding carboxylic acids is 1. The van der Waals surface area contributed by atoms with Crippen LogP contribution in [0.2, 0.25) is 5.02 Å². The maximum Gasteiger partial charge on any atom is 0.202 e. The van der Waals surface area contributed by atoms with Crippen LogP contribution in [0.1, 0.15) is 17.3 Å². The lowest BCUT2D eigenvalue weighted by Gasteiger charge is -2.08. The predicted molar refractivity (Wildman–Crippen MR) is 47.9 cm³/mol. The average Bonchev–Trinajstić information content (AvgIpc) is 2.13. The minimum atomic E-state index is -1.25. The summed E-state index contributed by atoms with van der Waals surface area (Å²) in [4.78, 5) is 11.0. The van der Waals surface area contributed by atoms with Crippen molar-refractivity contribution in [1.82, 2.24) is 0 Å². The number of hydrogen-bond donors (Lipinski definition) is 0. The SMILES string of the molecule is COc1c(C(C)=O)cc(Cl)c(F)c1F. The predicted octanol–water partition coefficient (Wildman–Crippen LogP) is 2.83. The molecule has 0 atom stereocenters. The number of halogens is 3. The second kappa shape index (κ2) is 3.92. The Balaban J connectivity index is 3.51. The van der Waals surface area contributed by atoms with E-state index in [0.717, 1.165) is 13.2 Å². The molecule has 0 unspecified atom stereocenters. The number of hydrogen-bond acceptors (Lipinski definition) is 2. The molecule has 1 aromatic carbocycles. The van der Waals surface area contributed by atoms with Crippen molar-refractivity contribution in [3.63, 3.8) is 0 Å². The number of ether oxygens (including phenoxy) is 1. The third-order valence-corrected chi connectivity index (χ3v) is 1.98. The minimum Gasteiger partial charge on any atom is -0.493 e. The minimum absolute atomic E-state index is 0.0728. The first-order valence-electron chi connectivity index (χ1n) is 3.71. The molecular formula is C9H7ClF2O2. The van der Waals surface area contributed by atoms with Crippen molar-refractivity contribution >= 4 is 17.4 Å². The highest BCUT2D eigenvalue weighted by Crippen LogP contribution is 2.30. The van der Waals surface area contributed by atoms with Gasteiger partial charge in [0.15, 0.2) is 17.3 Å². The van der Waals surface area contributed by atoms with Gasteiger partial charge in [-0.3, -0.25) is 4.79 Å². The highest BCUT2D eigenvalue weighted by Gasteiger charge is 2.20. The normalized spacial score (nSPS) is 10.1. The van der Waals surface area contributed by atoms with Gasteiger partial charge in [0.25, 0.3) is 0 Å². The van der Waals surface area contributed by atoms with E-state index in [1.54, 1.807) is 0 Å². The van der Waals surface area contributed by atoms with Crippen molar-refractivity contribution in [3.05, 3.63) is 28.3 Å². The molecule has 0 N–H and O–H groups in total. The van der Waals surface area contributed by atoms with Gasteiger partial charge in [0.05, 0.1) is 17.7 Å². The zero-order valence-electron chi connectivity index (χ0n) is 7.53. The molecule has 0 aliphatic rings. The number of rotatable bonds is 2. The Hall–Kier alpha value is -1.16. The van der Waals surface area contributed by atoms with Gasteiger partial charge in [0.1, 0.15) is 0 Å². The van der Waals surface area contributed by atoms with Crippen LogP contribution in [0.5, 0.6) is 5.75 Å². The van der Waals surface area contributed by atoms with Crippen LogP contribution in [-0.2, 0) is 0 Å².